The molecule has 0 bridgehead atoms. The molecular formula is C29H35F2NO. The summed E-state index contributed by atoms with van der Waals surface area (Å²) in [5.41, 5.74) is 2.06. The van der Waals surface area contributed by atoms with Crippen LogP contribution in [-0.2, 0) is 4.74 Å². The van der Waals surface area contributed by atoms with E-state index >= 15 is 4.39 Å². The van der Waals surface area contributed by atoms with Gasteiger partial charge in [-0.05, 0) is 98.9 Å². The summed E-state index contributed by atoms with van der Waals surface area (Å²) in [6.07, 6.45) is 8.98. The van der Waals surface area contributed by atoms with E-state index in [0.717, 1.165) is 29.7 Å². The second-order valence-electron chi connectivity index (χ2n) is 11.1. The van der Waals surface area contributed by atoms with Crippen LogP contribution in [0.1, 0.15) is 82.8 Å². The zero-order valence-electron chi connectivity index (χ0n) is 20.0. The maximum Gasteiger partial charge on any atom is 0.219 e. The largest absolute Gasteiger partial charge is 0.475 e. The molecule has 4 heteroatoms. The van der Waals surface area contributed by atoms with Crippen LogP contribution in [0.5, 0.6) is 0 Å². The third-order valence-corrected chi connectivity index (χ3v) is 8.24. The van der Waals surface area contributed by atoms with Gasteiger partial charge in [0.15, 0.2) is 0 Å². The molecule has 4 unspecified atom stereocenters. The van der Waals surface area contributed by atoms with Crippen LogP contribution in [-0.4, -0.2) is 18.0 Å². The molecule has 2 aromatic carbocycles. The fraction of sp³-hybridized carbons (Fsp3) is 0.552. The van der Waals surface area contributed by atoms with Gasteiger partial charge in [0.2, 0.25) is 5.90 Å². The first kappa shape index (κ1) is 22.6. The molecule has 0 saturated heterocycles. The summed E-state index contributed by atoms with van der Waals surface area (Å²) in [6.45, 7) is 6.65. The van der Waals surface area contributed by atoms with Crippen molar-refractivity contribution in [1.29, 1.82) is 0 Å². The Morgan fingerprint density at radius 2 is 1.64 bits per heavy atom. The van der Waals surface area contributed by atoms with Crippen LogP contribution >= 0.6 is 0 Å². The Labute approximate surface area is 196 Å². The van der Waals surface area contributed by atoms with Gasteiger partial charge in [-0.25, -0.2) is 13.8 Å². The van der Waals surface area contributed by atoms with Gasteiger partial charge in [-0.2, -0.15) is 0 Å². The predicted molar refractivity (Wildman–Crippen MR) is 130 cm³/mol. The average molecular weight is 452 g/mol. The molecule has 3 aliphatic rings. The van der Waals surface area contributed by atoms with Gasteiger partial charge in [0.1, 0.15) is 18.2 Å². The van der Waals surface area contributed by atoms with Gasteiger partial charge >= 0.3 is 0 Å². The van der Waals surface area contributed by atoms with Gasteiger partial charge in [-0.3, -0.25) is 0 Å². The van der Waals surface area contributed by atoms with E-state index in [2.05, 4.69) is 18.0 Å². The van der Waals surface area contributed by atoms with E-state index < -0.39 is 5.82 Å². The molecule has 1 aliphatic heterocycles. The minimum atomic E-state index is -0.437. The quantitative estimate of drug-likeness (QED) is 0.463. The maximum atomic E-state index is 15.2. The van der Waals surface area contributed by atoms with Crippen molar-refractivity contribution in [2.45, 2.75) is 77.2 Å². The number of hydrogen-bond donors (Lipinski definition) is 0. The van der Waals surface area contributed by atoms with E-state index in [1.54, 1.807) is 18.2 Å². The first-order valence-corrected chi connectivity index (χ1v) is 12.7. The van der Waals surface area contributed by atoms with Gasteiger partial charge < -0.3 is 4.74 Å². The van der Waals surface area contributed by atoms with E-state index in [1.807, 2.05) is 19.9 Å². The van der Waals surface area contributed by atoms with Crippen LogP contribution in [0.15, 0.2) is 41.4 Å². The fourth-order valence-electron chi connectivity index (χ4n) is 6.26. The second-order valence-corrected chi connectivity index (χ2v) is 11.1. The number of ether oxygens (including phenoxy) is 1. The van der Waals surface area contributed by atoms with E-state index in [0.29, 0.717) is 35.1 Å². The summed E-state index contributed by atoms with van der Waals surface area (Å²) in [5, 5.41) is 0. The highest BCUT2D eigenvalue weighted by atomic mass is 19.1. The van der Waals surface area contributed by atoms with Crippen LogP contribution in [0.25, 0.3) is 11.1 Å². The van der Waals surface area contributed by atoms with Crippen LogP contribution in [0.2, 0.25) is 0 Å². The summed E-state index contributed by atoms with van der Waals surface area (Å²) >= 11 is 0. The molecule has 33 heavy (non-hydrogen) atoms. The molecule has 2 nitrogen and oxygen atoms in total. The van der Waals surface area contributed by atoms with Crippen molar-refractivity contribution < 1.29 is 13.5 Å². The molecule has 1 heterocycles. The predicted octanol–water partition coefficient (Wildman–Crippen LogP) is 7.90. The summed E-state index contributed by atoms with van der Waals surface area (Å²) in [4.78, 5) is 4.45. The van der Waals surface area contributed by atoms with Gasteiger partial charge in [0, 0.05) is 5.56 Å². The molecule has 2 fully saturated rings. The molecule has 2 saturated carbocycles. The van der Waals surface area contributed by atoms with Crippen molar-refractivity contribution in [3.63, 3.8) is 0 Å². The molecule has 0 amide bonds. The molecular weight excluding hydrogens is 416 g/mol. The van der Waals surface area contributed by atoms with E-state index in [-0.39, 0.29) is 11.4 Å². The summed E-state index contributed by atoms with van der Waals surface area (Å²) < 4.78 is 35.6. The monoisotopic (exact) mass is 451 g/mol. The summed E-state index contributed by atoms with van der Waals surface area (Å²) in [6, 6.07) is 10.4. The minimum absolute atomic E-state index is 0.271. The van der Waals surface area contributed by atoms with Crippen molar-refractivity contribution in [3.8, 4) is 11.1 Å². The van der Waals surface area contributed by atoms with Gasteiger partial charge in [0.25, 0.3) is 0 Å². The average Bonchev–Trinajstić information content (AvgIpc) is 3.17. The smallest absolute Gasteiger partial charge is 0.219 e. The lowest BCUT2D eigenvalue weighted by molar-refractivity contribution is 0.116. The van der Waals surface area contributed by atoms with E-state index in [1.165, 1.54) is 44.6 Å². The fourth-order valence-corrected chi connectivity index (χ4v) is 6.26. The number of fused-ring (bicyclic) bond motifs is 1. The molecule has 0 aromatic heterocycles. The van der Waals surface area contributed by atoms with Crippen molar-refractivity contribution >= 4 is 5.90 Å². The Morgan fingerprint density at radius 1 is 0.909 bits per heavy atom. The Morgan fingerprint density at radius 3 is 2.33 bits per heavy atom. The lowest BCUT2D eigenvalue weighted by atomic mass is 9.63. The van der Waals surface area contributed by atoms with Crippen molar-refractivity contribution in [2.75, 3.05) is 6.61 Å². The molecule has 5 rings (SSSR count). The normalized spacial score (nSPS) is 28.7. The van der Waals surface area contributed by atoms with Crippen molar-refractivity contribution in [1.82, 2.24) is 0 Å². The summed E-state index contributed by atoms with van der Waals surface area (Å²) in [7, 11) is 0. The van der Waals surface area contributed by atoms with Gasteiger partial charge in [0.05, 0.1) is 11.1 Å². The SMILES string of the molecule is CCC1CCC2CC(c3ccc(-c4ccc(C5=NC(C)(C)CO5)c(F)c4)c(F)c3)CCC2C1. The first-order valence-electron chi connectivity index (χ1n) is 12.7. The van der Waals surface area contributed by atoms with Crippen LogP contribution in [0.4, 0.5) is 8.78 Å². The minimum Gasteiger partial charge on any atom is -0.475 e. The highest BCUT2D eigenvalue weighted by molar-refractivity contribution is 5.96. The first-order chi connectivity index (χ1) is 15.8. The lowest BCUT2D eigenvalue weighted by Gasteiger charge is -2.42. The molecule has 4 atom stereocenters. The highest BCUT2D eigenvalue weighted by Crippen LogP contribution is 2.48. The molecule has 176 valence electrons. The highest BCUT2D eigenvalue weighted by Gasteiger charge is 2.35. The topological polar surface area (TPSA) is 21.6 Å². The molecule has 0 N–H and O–H groups in total. The lowest BCUT2D eigenvalue weighted by Crippen LogP contribution is -2.30. The Bertz CT molecular complexity index is 1060. The number of hydrogen-bond acceptors (Lipinski definition) is 2. The third-order valence-electron chi connectivity index (χ3n) is 8.24. The third kappa shape index (κ3) is 4.58. The molecule has 2 aromatic rings. The number of aliphatic imine (C=N–C) groups is 1. The number of rotatable bonds is 4. The van der Waals surface area contributed by atoms with E-state index in [4.69, 9.17) is 4.74 Å². The number of nitrogens with zero attached hydrogens (tertiary/aromatic N) is 1. The van der Waals surface area contributed by atoms with Crippen LogP contribution in [0, 0.1) is 29.4 Å². The van der Waals surface area contributed by atoms with Gasteiger partial charge in [-0.1, -0.05) is 38.0 Å². The number of benzene rings is 2. The maximum absolute atomic E-state index is 15.2. The standard InChI is InChI=1S/C29H35F2NO/c1-4-18-5-6-20-14-21(8-7-19(20)13-18)22-9-11-24(26(30)15-22)23-10-12-25(27(31)16-23)28-32-29(2,3)17-33-28/h9-12,15-16,18-21H,4-8,13-14,17H2,1-3H3. The zero-order chi connectivity index (χ0) is 23.2. The van der Waals surface area contributed by atoms with Gasteiger partial charge in [-0.15, -0.1) is 0 Å². The molecule has 0 radical (unpaired) electrons. The summed E-state index contributed by atoms with van der Waals surface area (Å²) in [5.74, 6) is 2.62. The zero-order valence-corrected chi connectivity index (χ0v) is 20.0. The molecule has 2 aliphatic carbocycles. The van der Waals surface area contributed by atoms with E-state index in [9.17, 15) is 4.39 Å². The van der Waals surface area contributed by atoms with Crippen molar-refractivity contribution in [3.05, 3.63) is 59.2 Å². The van der Waals surface area contributed by atoms with Crippen LogP contribution < -0.4 is 0 Å². The Hall–Kier alpha value is -2.23. The van der Waals surface area contributed by atoms with Crippen LogP contribution in [0.3, 0.4) is 0 Å². The second kappa shape index (κ2) is 8.85. The Kier molecular flexibility index (Phi) is 6.05. The number of halogens is 2. The van der Waals surface area contributed by atoms with Crippen molar-refractivity contribution in [2.24, 2.45) is 22.7 Å². The molecule has 0 spiro atoms. The Balaban J connectivity index is 1.32.